The van der Waals surface area contributed by atoms with Gasteiger partial charge in [-0.3, -0.25) is 0 Å². The Morgan fingerprint density at radius 1 is 0.750 bits per heavy atom. The van der Waals surface area contributed by atoms with Crippen LogP contribution in [0.15, 0.2) is 48.5 Å². The molecule has 20 heavy (non-hydrogen) atoms. The summed E-state index contributed by atoms with van der Waals surface area (Å²) >= 11 is 0. The summed E-state index contributed by atoms with van der Waals surface area (Å²) in [6.45, 7) is 0. The van der Waals surface area contributed by atoms with Crippen LogP contribution in [0.3, 0.4) is 0 Å². The molecule has 0 heterocycles. The first-order valence-corrected chi connectivity index (χ1v) is 7.73. The average molecular weight is 264 g/mol. The maximum Gasteiger partial charge on any atom is 0.119 e. The number of hydrogen-bond donors (Lipinski definition) is 1. The van der Waals surface area contributed by atoms with Crippen molar-refractivity contribution in [3.63, 3.8) is 0 Å². The molecule has 0 spiro atoms. The van der Waals surface area contributed by atoms with Gasteiger partial charge in [0.05, 0.1) is 0 Å². The largest absolute Gasteiger partial charge is 0.380 e. The second kappa shape index (κ2) is 4.46. The lowest BCUT2D eigenvalue weighted by Gasteiger charge is -2.37. The van der Waals surface area contributed by atoms with Crippen molar-refractivity contribution in [2.75, 3.05) is 0 Å². The van der Waals surface area contributed by atoms with Gasteiger partial charge in [0.1, 0.15) is 5.60 Å². The zero-order valence-corrected chi connectivity index (χ0v) is 11.7. The molecule has 2 aromatic rings. The highest BCUT2D eigenvalue weighted by atomic mass is 16.3. The van der Waals surface area contributed by atoms with E-state index in [1.54, 1.807) is 0 Å². The smallest absolute Gasteiger partial charge is 0.119 e. The molecule has 1 N–H and O–H groups in total. The summed E-state index contributed by atoms with van der Waals surface area (Å²) in [5, 5.41) is 11.6. The van der Waals surface area contributed by atoms with E-state index in [9.17, 15) is 5.11 Å². The van der Waals surface area contributed by atoms with E-state index in [1.807, 2.05) is 0 Å². The van der Waals surface area contributed by atoms with E-state index in [-0.39, 0.29) is 0 Å². The Morgan fingerprint density at radius 2 is 1.25 bits per heavy atom. The van der Waals surface area contributed by atoms with Gasteiger partial charge in [-0.15, -0.1) is 0 Å². The summed E-state index contributed by atoms with van der Waals surface area (Å²) < 4.78 is 0. The third kappa shape index (κ3) is 1.53. The van der Waals surface area contributed by atoms with Gasteiger partial charge in [0.2, 0.25) is 0 Å². The molecule has 0 unspecified atom stereocenters. The minimum absolute atomic E-state index is 0.362. The summed E-state index contributed by atoms with van der Waals surface area (Å²) in [6, 6.07) is 16.8. The molecule has 0 bridgehead atoms. The van der Waals surface area contributed by atoms with Crippen molar-refractivity contribution in [2.45, 2.75) is 37.7 Å². The maximum atomic E-state index is 11.6. The first-order chi connectivity index (χ1) is 9.82. The molecule has 2 aliphatic carbocycles. The fourth-order valence-corrected chi connectivity index (χ4v) is 4.21. The van der Waals surface area contributed by atoms with E-state index in [4.69, 9.17) is 0 Å². The minimum Gasteiger partial charge on any atom is -0.380 e. The quantitative estimate of drug-likeness (QED) is 0.805. The lowest BCUT2D eigenvalue weighted by atomic mass is 9.72. The van der Waals surface area contributed by atoms with Crippen LogP contribution in [0.1, 0.15) is 43.2 Å². The maximum absolute atomic E-state index is 11.6. The summed E-state index contributed by atoms with van der Waals surface area (Å²) in [7, 11) is 0. The van der Waals surface area contributed by atoms with Gasteiger partial charge >= 0.3 is 0 Å². The van der Waals surface area contributed by atoms with E-state index in [0.29, 0.717) is 5.92 Å². The Hall–Kier alpha value is -1.60. The van der Waals surface area contributed by atoms with Crippen molar-refractivity contribution < 1.29 is 5.11 Å². The van der Waals surface area contributed by atoms with Crippen molar-refractivity contribution in [1.82, 2.24) is 0 Å². The molecule has 0 atom stereocenters. The predicted molar refractivity (Wildman–Crippen MR) is 81.5 cm³/mol. The second-order valence-corrected chi connectivity index (χ2v) is 6.19. The summed E-state index contributed by atoms with van der Waals surface area (Å²) in [5.41, 5.74) is 3.90. The highest BCUT2D eigenvalue weighted by molar-refractivity contribution is 5.80. The number of benzene rings is 2. The third-order valence-electron chi connectivity index (χ3n) is 5.16. The van der Waals surface area contributed by atoms with Gasteiger partial charge in [0, 0.05) is 0 Å². The molecule has 4 rings (SSSR count). The Balaban J connectivity index is 1.94. The van der Waals surface area contributed by atoms with Crippen molar-refractivity contribution in [3.8, 4) is 11.1 Å². The average Bonchev–Trinajstić information content (AvgIpc) is 2.80. The Labute approximate surface area is 120 Å². The van der Waals surface area contributed by atoms with Crippen LogP contribution in [0, 0.1) is 5.92 Å². The zero-order chi connectivity index (χ0) is 13.6. The number of aliphatic hydroxyl groups is 1. The molecule has 1 heteroatoms. The molecule has 0 radical (unpaired) electrons. The van der Waals surface area contributed by atoms with E-state index >= 15 is 0 Å². The van der Waals surface area contributed by atoms with Crippen LogP contribution in [0.2, 0.25) is 0 Å². The minimum atomic E-state index is -0.770. The van der Waals surface area contributed by atoms with Gasteiger partial charge in [-0.05, 0) is 41.0 Å². The van der Waals surface area contributed by atoms with Crippen LogP contribution >= 0.6 is 0 Å². The SMILES string of the molecule is OC1(C2CCCCC2)c2ccccc2-c2ccccc21. The number of fused-ring (bicyclic) bond motifs is 3. The zero-order valence-electron chi connectivity index (χ0n) is 11.7. The molecular weight excluding hydrogens is 244 g/mol. The fourth-order valence-electron chi connectivity index (χ4n) is 4.21. The van der Waals surface area contributed by atoms with Crippen LogP contribution in [-0.2, 0) is 5.60 Å². The first-order valence-electron chi connectivity index (χ1n) is 7.73. The van der Waals surface area contributed by atoms with Crippen LogP contribution in [0.25, 0.3) is 11.1 Å². The van der Waals surface area contributed by atoms with Gasteiger partial charge in [-0.25, -0.2) is 0 Å². The van der Waals surface area contributed by atoms with Gasteiger partial charge in [-0.1, -0.05) is 67.8 Å². The number of hydrogen-bond acceptors (Lipinski definition) is 1. The number of rotatable bonds is 1. The van der Waals surface area contributed by atoms with Gasteiger partial charge in [0.15, 0.2) is 0 Å². The summed E-state index contributed by atoms with van der Waals surface area (Å²) in [5.74, 6) is 0.362. The molecule has 1 fully saturated rings. The Bertz CT molecular complexity index is 592. The molecule has 0 amide bonds. The second-order valence-electron chi connectivity index (χ2n) is 6.19. The van der Waals surface area contributed by atoms with E-state index < -0.39 is 5.60 Å². The van der Waals surface area contributed by atoms with Crippen LogP contribution in [0.5, 0.6) is 0 Å². The first kappa shape index (κ1) is 12.2. The molecule has 2 aromatic carbocycles. The molecule has 1 saturated carbocycles. The highest BCUT2D eigenvalue weighted by Crippen LogP contribution is 2.53. The summed E-state index contributed by atoms with van der Waals surface area (Å²) in [6.07, 6.45) is 6.09. The molecular formula is C19H20O. The van der Waals surface area contributed by atoms with E-state index in [0.717, 1.165) is 24.0 Å². The van der Waals surface area contributed by atoms with Crippen LogP contribution in [-0.4, -0.2) is 5.11 Å². The summed E-state index contributed by atoms with van der Waals surface area (Å²) in [4.78, 5) is 0. The molecule has 0 aromatic heterocycles. The Morgan fingerprint density at radius 3 is 1.80 bits per heavy atom. The van der Waals surface area contributed by atoms with Gasteiger partial charge in [-0.2, -0.15) is 0 Å². The monoisotopic (exact) mass is 264 g/mol. The van der Waals surface area contributed by atoms with Crippen molar-refractivity contribution in [1.29, 1.82) is 0 Å². The van der Waals surface area contributed by atoms with Crippen molar-refractivity contribution in [2.24, 2.45) is 5.92 Å². The highest BCUT2D eigenvalue weighted by Gasteiger charge is 2.46. The molecule has 0 saturated heterocycles. The Kier molecular flexibility index (Phi) is 2.71. The normalized spacial score (nSPS) is 20.4. The molecule has 1 nitrogen and oxygen atoms in total. The van der Waals surface area contributed by atoms with Gasteiger partial charge in [0.25, 0.3) is 0 Å². The lowest BCUT2D eigenvalue weighted by molar-refractivity contribution is 0.00331. The van der Waals surface area contributed by atoms with Gasteiger partial charge < -0.3 is 5.11 Å². The van der Waals surface area contributed by atoms with E-state index in [1.165, 1.54) is 30.4 Å². The standard InChI is InChI=1S/C19H20O/c20-19(14-8-2-1-3-9-14)17-12-6-4-10-15(17)16-11-5-7-13-18(16)19/h4-7,10-14,20H,1-3,8-9H2. The topological polar surface area (TPSA) is 20.2 Å². The van der Waals surface area contributed by atoms with Crippen molar-refractivity contribution in [3.05, 3.63) is 59.7 Å². The molecule has 0 aliphatic heterocycles. The molecule has 102 valence electrons. The van der Waals surface area contributed by atoms with Crippen LogP contribution in [0.4, 0.5) is 0 Å². The molecule has 2 aliphatic rings. The van der Waals surface area contributed by atoms with Crippen LogP contribution < -0.4 is 0 Å². The predicted octanol–water partition coefficient (Wildman–Crippen LogP) is 4.48. The third-order valence-corrected chi connectivity index (χ3v) is 5.16. The van der Waals surface area contributed by atoms with Crippen molar-refractivity contribution >= 4 is 0 Å². The fraction of sp³-hybridized carbons (Fsp3) is 0.368. The lowest BCUT2D eigenvalue weighted by Crippen LogP contribution is -2.35. The van der Waals surface area contributed by atoms with E-state index in [2.05, 4.69) is 48.5 Å².